The minimum absolute atomic E-state index is 1.01. The first-order chi connectivity index (χ1) is 12.3. The average Bonchev–Trinajstić information content (AvgIpc) is 3.44. The van der Waals surface area contributed by atoms with Gasteiger partial charge in [-0.1, -0.05) is 43.0 Å². The van der Waals surface area contributed by atoms with Gasteiger partial charge >= 0.3 is 0 Å². The van der Waals surface area contributed by atoms with Gasteiger partial charge in [0, 0.05) is 26.2 Å². The predicted molar refractivity (Wildman–Crippen MR) is 104 cm³/mol. The van der Waals surface area contributed by atoms with Crippen molar-refractivity contribution in [3.8, 4) is 0 Å². The van der Waals surface area contributed by atoms with Gasteiger partial charge in [-0.25, -0.2) is 15.1 Å². The zero-order valence-corrected chi connectivity index (χ0v) is 15.2. The predicted octanol–water partition coefficient (Wildman–Crippen LogP) is 4.52. The van der Waals surface area contributed by atoms with Crippen LogP contribution >= 0.6 is 0 Å². The van der Waals surface area contributed by atoms with Crippen molar-refractivity contribution in [1.29, 1.82) is 0 Å². The van der Waals surface area contributed by atoms with Gasteiger partial charge in [-0.2, -0.15) is 0 Å². The van der Waals surface area contributed by atoms with E-state index in [1.807, 2.05) is 0 Å². The quantitative estimate of drug-likeness (QED) is 0.661. The van der Waals surface area contributed by atoms with Gasteiger partial charge in [-0.15, -0.1) is 0 Å². The van der Waals surface area contributed by atoms with Crippen LogP contribution in [0.5, 0.6) is 0 Å². The van der Waals surface area contributed by atoms with Gasteiger partial charge in [0.05, 0.1) is 5.70 Å². The lowest BCUT2D eigenvalue weighted by atomic mass is 10.0. The van der Waals surface area contributed by atoms with E-state index in [4.69, 9.17) is 0 Å². The molecule has 0 atom stereocenters. The van der Waals surface area contributed by atoms with Crippen molar-refractivity contribution in [3.63, 3.8) is 0 Å². The second-order valence-corrected chi connectivity index (χ2v) is 7.31. The highest BCUT2D eigenvalue weighted by atomic mass is 15.9. The van der Waals surface area contributed by atoms with Crippen molar-refractivity contribution in [2.75, 3.05) is 26.2 Å². The fourth-order valence-corrected chi connectivity index (χ4v) is 4.12. The highest BCUT2D eigenvalue weighted by Gasteiger charge is 2.30. The van der Waals surface area contributed by atoms with E-state index in [-0.39, 0.29) is 0 Å². The van der Waals surface area contributed by atoms with Crippen LogP contribution in [0.2, 0.25) is 0 Å². The molecule has 0 amide bonds. The SMILES string of the molecule is C=C(/C=C(\C1=CC=CC1)N(N1CCCC1)N1CCCC1)C1=CC=CC1. The molecule has 0 spiro atoms. The van der Waals surface area contributed by atoms with Crippen molar-refractivity contribution in [2.24, 2.45) is 0 Å². The Morgan fingerprint density at radius 1 is 0.840 bits per heavy atom. The maximum absolute atomic E-state index is 4.39. The summed E-state index contributed by atoms with van der Waals surface area (Å²) in [6, 6.07) is 0. The van der Waals surface area contributed by atoms with Crippen LogP contribution < -0.4 is 0 Å². The highest BCUT2D eigenvalue weighted by Crippen LogP contribution is 2.32. The van der Waals surface area contributed by atoms with Crippen molar-refractivity contribution < 1.29 is 0 Å². The van der Waals surface area contributed by atoms with E-state index < -0.39 is 0 Å². The van der Waals surface area contributed by atoms with E-state index in [2.05, 4.69) is 64.2 Å². The van der Waals surface area contributed by atoms with Crippen molar-refractivity contribution in [3.05, 3.63) is 71.5 Å². The van der Waals surface area contributed by atoms with E-state index in [1.54, 1.807) is 0 Å². The van der Waals surface area contributed by atoms with Gasteiger partial charge in [-0.05, 0) is 61.3 Å². The van der Waals surface area contributed by atoms with E-state index in [0.717, 1.165) is 44.6 Å². The van der Waals surface area contributed by atoms with Crippen LogP contribution in [-0.2, 0) is 0 Å². The molecule has 2 saturated heterocycles. The van der Waals surface area contributed by atoms with Gasteiger partial charge in [-0.3, -0.25) is 0 Å². The third-order valence-electron chi connectivity index (χ3n) is 5.51. The smallest absolute Gasteiger partial charge is 0.0748 e. The lowest BCUT2D eigenvalue weighted by Crippen LogP contribution is -2.50. The fourth-order valence-electron chi connectivity index (χ4n) is 4.12. The summed E-state index contributed by atoms with van der Waals surface area (Å²) in [5, 5.41) is 7.60. The zero-order chi connectivity index (χ0) is 17.1. The first-order valence-corrected chi connectivity index (χ1v) is 9.75. The molecule has 0 aromatic heterocycles. The molecule has 3 nitrogen and oxygen atoms in total. The van der Waals surface area contributed by atoms with Crippen LogP contribution in [-0.4, -0.2) is 41.3 Å². The van der Waals surface area contributed by atoms with Crippen molar-refractivity contribution in [2.45, 2.75) is 38.5 Å². The summed E-state index contributed by atoms with van der Waals surface area (Å²) < 4.78 is 0. The summed E-state index contributed by atoms with van der Waals surface area (Å²) in [6.07, 6.45) is 22.8. The molecule has 2 aliphatic heterocycles. The standard InChI is InChI=1S/C22H29N3/c1-19(20-10-2-3-11-20)18-22(21-12-4-5-13-21)25(23-14-6-7-15-23)24-16-8-9-17-24/h2-5,10,12,18H,1,6-9,11,13-17H2/b22-18+. The number of hydrogen-bond acceptors (Lipinski definition) is 3. The molecule has 0 radical (unpaired) electrons. The lowest BCUT2D eigenvalue weighted by Gasteiger charge is -2.42. The summed E-state index contributed by atoms with van der Waals surface area (Å²) >= 11 is 0. The molecule has 0 saturated carbocycles. The molecule has 2 fully saturated rings. The van der Waals surface area contributed by atoms with Gasteiger partial charge in [0.2, 0.25) is 0 Å². The summed E-state index contributed by atoms with van der Waals surface area (Å²) in [6.45, 7) is 9.02. The molecule has 25 heavy (non-hydrogen) atoms. The molecule has 2 aliphatic carbocycles. The molecule has 2 heterocycles. The number of allylic oxidation sites excluding steroid dienone is 10. The number of hydrazine groups is 2. The molecule has 0 N–H and O–H groups in total. The molecule has 0 aromatic rings. The van der Waals surface area contributed by atoms with Crippen molar-refractivity contribution >= 4 is 0 Å². The van der Waals surface area contributed by atoms with Crippen LogP contribution in [0.4, 0.5) is 0 Å². The maximum Gasteiger partial charge on any atom is 0.0748 e. The van der Waals surface area contributed by atoms with Crippen LogP contribution in [0, 0.1) is 0 Å². The van der Waals surface area contributed by atoms with Gasteiger partial charge in [0.25, 0.3) is 0 Å². The molecular formula is C22H29N3. The summed E-state index contributed by atoms with van der Waals surface area (Å²) in [7, 11) is 0. The van der Waals surface area contributed by atoms with E-state index in [0.29, 0.717) is 0 Å². The molecule has 0 aromatic carbocycles. The minimum atomic E-state index is 1.01. The van der Waals surface area contributed by atoms with E-state index in [1.165, 1.54) is 42.5 Å². The van der Waals surface area contributed by atoms with Gasteiger partial charge in [0.15, 0.2) is 0 Å². The summed E-state index contributed by atoms with van der Waals surface area (Å²) in [4.78, 5) is 0. The Bertz CT molecular complexity index is 649. The first-order valence-electron chi connectivity index (χ1n) is 9.75. The zero-order valence-electron chi connectivity index (χ0n) is 15.2. The third-order valence-corrected chi connectivity index (χ3v) is 5.51. The molecule has 0 unspecified atom stereocenters. The van der Waals surface area contributed by atoms with E-state index >= 15 is 0 Å². The minimum Gasteiger partial charge on any atom is -0.236 e. The van der Waals surface area contributed by atoms with Crippen LogP contribution in [0.3, 0.4) is 0 Å². The lowest BCUT2D eigenvalue weighted by molar-refractivity contribution is -0.132. The largest absolute Gasteiger partial charge is 0.236 e. The monoisotopic (exact) mass is 335 g/mol. The Balaban J connectivity index is 1.67. The fraction of sp³-hybridized carbons (Fsp3) is 0.455. The highest BCUT2D eigenvalue weighted by molar-refractivity contribution is 5.49. The van der Waals surface area contributed by atoms with E-state index in [9.17, 15) is 0 Å². The normalized spacial score (nSPS) is 24.2. The summed E-state index contributed by atoms with van der Waals surface area (Å²) in [5.74, 6) is 0. The Hall–Kier alpha value is -1.84. The molecular weight excluding hydrogens is 306 g/mol. The molecule has 0 bridgehead atoms. The Morgan fingerprint density at radius 3 is 1.84 bits per heavy atom. The Labute approximate surface area is 151 Å². The Kier molecular flexibility index (Phi) is 5.04. The Morgan fingerprint density at radius 2 is 1.36 bits per heavy atom. The first kappa shape index (κ1) is 16.6. The molecule has 132 valence electrons. The number of rotatable bonds is 6. The average molecular weight is 335 g/mol. The topological polar surface area (TPSA) is 9.72 Å². The number of hydrogen-bond donors (Lipinski definition) is 0. The molecule has 3 heteroatoms. The second-order valence-electron chi connectivity index (χ2n) is 7.31. The summed E-state index contributed by atoms with van der Waals surface area (Å²) in [5.41, 5.74) is 5.22. The molecule has 4 rings (SSSR count). The van der Waals surface area contributed by atoms with Crippen LogP contribution in [0.15, 0.2) is 71.5 Å². The molecule has 4 aliphatic rings. The second kappa shape index (κ2) is 7.59. The van der Waals surface area contributed by atoms with Gasteiger partial charge in [0.1, 0.15) is 0 Å². The number of nitrogens with zero attached hydrogens (tertiary/aromatic N) is 3. The maximum atomic E-state index is 4.39. The van der Waals surface area contributed by atoms with Crippen LogP contribution in [0.25, 0.3) is 0 Å². The van der Waals surface area contributed by atoms with Crippen LogP contribution in [0.1, 0.15) is 38.5 Å². The third kappa shape index (κ3) is 3.58. The van der Waals surface area contributed by atoms with Gasteiger partial charge < -0.3 is 0 Å². The van der Waals surface area contributed by atoms with Crippen molar-refractivity contribution in [1.82, 2.24) is 15.1 Å².